The Labute approximate surface area is 81.2 Å². The predicted octanol–water partition coefficient (Wildman–Crippen LogP) is 1.78. The molecule has 0 aromatic carbocycles. The Hall–Kier alpha value is -1.03. The second-order valence-electron chi connectivity index (χ2n) is 2.77. The second-order valence-corrected chi connectivity index (χ2v) is 3.73. The Morgan fingerprint density at radius 1 is 1.62 bits per heavy atom. The van der Waals surface area contributed by atoms with Crippen molar-refractivity contribution in [2.75, 3.05) is 5.75 Å². The molecule has 0 atom stereocenters. The van der Waals surface area contributed by atoms with Gasteiger partial charge in [0.1, 0.15) is 16.6 Å². The van der Waals surface area contributed by atoms with Gasteiger partial charge in [-0.2, -0.15) is 0 Å². The van der Waals surface area contributed by atoms with Gasteiger partial charge in [-0.1, -0.05) is 11.8 Å². The van der Waals surface area contributed by atoms with Crippen LogP contribution >= 0.6 is 11.8 Å². The summed E-state index contributed by atoms with van der Waals surface area (Å²) in [5.41, 5.74) is 0.837. The molecule has 4 heteroatoms. The summed E-state index contributed by atoms with van der Waals surface area (Å²) in [6.07, 6.45) is 0. The largest absolute Gasteiger partial charge is 0.505 e. The number of Topliss-reactive ketones (excluding diaryl/α,β-unsaturated/α-hetero) is 1. The Kier molecular flexibility index (Phi) is 3.31. The van der Waals surface area contributed by atoms with Crippen LogP contribution in [0.4, 0.5) is 0 Å². The SMILES string of the molecule is CC(=O)CSc1nc(C)ccc1O. The summed E-state index contributed by atoms with van der Waals surface area (Å²) in [5, 5.41) is 9.88. The lowest BCUT2D eigenvalue weighted by Gasteiger charge is -2.02. The van der Waals surface area contributed by atoms with Crippen molar-refractivity contribution in [1.82, 2.24) is 4.98 Å². The molecular formula is C9H11NO2S. The first-order chi connectivity index (χ1) is 6.09. The number of pyridine rings is 1. The van der Waals surface area contributed by atoms with E-state index < -0.39 is 0 Å². The topological polar surface area (TPSA) is 50.2 Å². The van der Waals surface area contributed by atoms with E-state index in [1.165, 1.54) is 18.7 Å². The van der Waals surface area contributed by atoms with Gasteiger partial charge in [0.15, 0.2) is 0 Å². The molecule has 0 saturated carbocycles. The summed E-state index contributed by atoms with van der Waals surface area (Å²) in [7, 11) is 0. The van der Waals surface area contributed by atoms with Crippen molar-refractivity contribution in [3.05, 3.63) is 17.8 Å². The van der Waals surface area contributed by atoms with Crippen LogP contribution in [0.15, 0.2) is 17.2 Å². The number of aromatic nitrogens is 1. The molecule has 0 saturated heterocycles. The van der Waals surface area contributed by atoms with E-state index in [9.17, 15) is 9.90 Å². The lowest BCUT2D eigenvalue weighted by molar-refractivity contribution is -0.114. The molecule has 1 aromatic rings. The minimum Gasteiger partial charge on any atom is -0.505 e. The van der Waals surface area contributed by atoms with Crippen molar-refractivity contribution in [3.63, 3.8) is 0 Å². The van der Waals surface area contributed by atoms with Gasteiger partial charge in [-0.05, 0) is 26.0 Å². The third kappa shape index (κ3) is 3.06. The zero-order valence-corrected chi connectivity index (χ0v) is 8.39. The normalized spacial score (nSPS) is 10.0. The maximum absolute atomic E-state index is 10.7. The first-order valence-electron chi connectivity index (χ1n) is 3.88. The molecule has 1 heterocycles. The number of rotatable bonds is 3. The van der Waals surface area contributed by atoms with E-state index in [1.54, 1.807) is 12.1 Å². The number of nitrogens with zero attached hydrogens (tertiary/aromatic N) is 1. The van der Waals surface area contributed by atoms with Gasteiger partial charge in [0.05, 0.1) is 5.75 Å². The molecule has 0 amide bonds. The summed E-state index contributed by atoms with van der Waals surface area (Å²) in [6.45, 7) is 3.36. The monoisotopic (exact) mass is 197 g/mol. The molecule has 3 nitrogen and oxygen atoms in total. The van der Waals surface area contributed by atoms with Crippen LogP contribution in [-0.2, 0) is 4.79 Å². The molecule has 1 N–H and O–H groups in total. The Morgan fingerprint density at radius 3 is 2.92 bits per heavy atom. The highest BCUT2D eigenvalue weighted by molar-refractivity contribution is 8.00. The molecule has 0 bridgehead atoms. The highest BCUT2D eigenvalue weighted by Gasteiger charge is 2.04. The van der Waals surface area contributed by atoms with Gasteiger partial charge in [0.25, 0.3) is 0 Å². The molecule has 1 rings (SSSR count). The van der Waals surface area contributed by atoms with Crippen LogP contribution in [0.2, 0.25) is 0 Å². The van der Waals surface area contributed by atoms with Crippen LogP contribution < -0.4 is 0 Å². The maximum Gasteiger partial charge on any atom is 0.147 e. The molecule has 0 aliphatic rings. The number of hydrogen-bond donors (Lipinski definition) is 1. The predicted molar refractivity (Wildman–Crippen MR) is 52.0 cm³/mol. The summed E-state index contributed by atoms with van der Waals surface area (Å²) >= 11 is 1.26. The molecule has 0 aliphatic carbocycles. The van der Waals surface area contributed by atoms with E-state index in [4.69, 9.17) is 0 Å². The fourth-order valence-electron chi connectivity index (χ4n) is 0.802. The lowest BCUT2D eigenvalue weighted by atomic mass is 10.4. The average Bonchev–Trinajstić information content (AvgIpc) is 2.06. The molecule has 0 fully saturated rings. The summed E-state index contributed by atoms with van der Waals surface area (Å²) in [6, 6.07) is 3.32. The third-order valence-electron chi connectivity index (χ3n) is 1.39. The average molecular weight is 197 g/mol. The van der Waals surface area contributed by atoms with Gasteiger partial charge in [-0.3, -0.25) is 4.79 Å². The van der Waals surface area contributed by atoms with Gasteiger partial charge >= 0.3 is 0 Å². The van der Waals surface area contributed by atoms with Crippen LogP contribution in [0.5, 0.6) is 5.75 Å². The number of carbonyl (C=O) groups is 1. The molecule has 0 radical (unpaired) electrons. The number of aryl methyl sites for hydroxylation is 1. The van der Waals surface area contributed by atoms with Gasteiger partial charge < -0.3 is 5.11 Å². The fourth-order valence-corrected chi connectivity index (χ4v) is 1.57. The van der Waals surface area contributed by atoms with Gasteiger partial charge in [0.2, 0.25) is 0 Å². The summed E-state index contributed by atoms with van der Waals surface area (Å²) < 4.78 is 0. The highest BCUT2D eigenvalue weighted by atomic mass is 32.2. The van der Waals surface area contributed by atoms with Gasteiger partial charge in [0, 0.05) is 5.69 Å². The van der Waals surface area contributed by atoms with Crippen molar-refractivity contribution >= 4 is 17.5 Å². The molecule has 0 spiro atoms. The number of hydrogen-bond acceptors (Lipinski definition) is 4. The lowest BCUT2D eigenvalue weighted by Crippen LogP contribution is -1.94. The number of carbonyl (C=O) groups excluding carboxylic acids is 1. The first-order valence-corrected chi connectivity index (χ1v) is 4.87. The van der Waals surface area contributed by atoms with Crippen molar-refractivity contribution < 1.29 is 9.90 Å². The van der Waals surface area contributed by atoms with E-state index in [-0.39, 0.29) is 11.5 Å². The Balaban J connectivity index is 2.75. The fraction of sp³-hybridized carbons (Fsp3) is 0.333. The molecule has 0 aliphatic heterocycles. The number of thioether (sulfide) groups is 1. The van der Waals surface area contributed by atoms with Crippen molar-refractivity contribution in [1.29, 1.82) is 0 Å². The molecular weight excluding hydrogens is 186 g/mol. The van der Waals surface area contributed by atoms with E-state index in [1.807, 2.05) is 6.92 Å². The standard InChI is InChI=1S/C9H11NO2S/c1-6-3-4-8(12)9(10-6)13-5-7(2)11/h3-4,12H,5H2,1-2H3. The second kappa shape index (κ2) is 4.28. The van der Waals surface area contributed by atoms with Gasteiger partial charge in [-0.15, -0.1) is 0 Å². The third-order valence-corrected chi connectivity index (χ3v) is 2.52. The smallest absolute Gasteiger partial charge is 0.147 e. The van der Waals surface area contributed by atoms with Crippen molar-refractivity contribution in [2.45, 2.75) is 18.9 Å². The van der Waals surface area contributed by atoms with Crippen LogP contribution in [-0.4, -0.2) is 21.6 Å². The zero-order valence-electron chi connectivity index (χ0n) is 7.57. The van der Waals surface area contributed by atoms with Crippen molar-refractivity contribution in [3.8, 4) is 5.75 Å². The first kappa shape index (κ1) is 10.1. The number of aromatic hydroxyl groups is 1. The quantitative estimate of drug-likeness (QED) is 0.750. The summed E-state index contributed by atoms with van der Waals surface area (Å²) in [4.78, 5) is 14.8. The number of ketones is 1. The highest BCUT2D eigenvalue weighted by Crippen LogP contribution is 2.25. The summed E-state index contributed by atoms with van der Waals surface area (Å²) in [5.74, 6) is 0.564. The van der Waals surface area contributed by atoms with E-state index >= 15 is 0 Å². The van der Waals surface area contributed by atoms with E-state index in [0.29, 0.717) is 10.8 Å². The zero-order chi connectivity index (χ0) is 9.84. The minimum atomic E-state index is 0.0766. The maximum atomic E-state index is 10.7. The van der Waals surface area contributed by atoms with Crippen molar-refractivity contribution in [2.24, 2.45) is 0 Å². The van der Waals surface area contributed by atoms with Gasteiger partial charge in [-0.25, -0.2) is 4.98 Å². The van der Waals surface area contributed by atoms with Crippen LogP contribution in [0.25, 0.3) is 0 Å². The van der Waals surface area contributed by atoms with Crippen LogP contribution in [0.1, 0.15) is 12.6 Å². The van der Waals surface area contributed by atoms with Crippen LogP contribution in [0, 0.1) is 6.92 Å². The molecule has 1 aromatic heterocycles. The van der Waals surface area contributed by atoms with E-state index in [2.05, 4.69) is 4.98 Å². The molecule has 13 heavy (non-hydrogen) atoms. The minimum absolute atomic E-state index is 0.0766. The molecule has 0 unspecified atom stereocenters. The van der Waals surface area contributed by atoms with Crippen LogP contribution in [0.3, 0.4) is 0 Å². The van der Waals surface area contributed by atoms with E-state index in [0.717, 1.165) is 5.69 Å². The Bertz CT molecular complexity index is 325. The Morgan fingerprint density at radius 2 is 2.31 bits per heavy atom. The molecule has 70 valence electrons.